The quantitative estimate of drug-likeness (QED) is 0.547. The van der Waals surface area contributed by atoms with Crippen molar-refractivity contribution in [2.75, 3.05) is 33.8 Å². The molecule has 2 aliphatic carbocycles. The lowest BCUT2D eigenvalue weighted by atomic mass is 9.88. The number of rotatable bonds is 6. The largest absolute Gasteiger partial charge is 0.496 e. The first-order valence-electron chi connectivity index (χ1n) is 12.9. The highest BCUT2D eigenvalue weighted by Gasteiger charge is 2.43. The molecule has 8 heteroatoms. The van der Waals surface area contributed by atoms with Crippen LogP contribution in [0.5, 0.6) is 5.75 Å². The van der Waals surface area contributed by atoms with Gasteiger partial charge in [0.2, 0.25) is 5.91 Å². The standard InChI is InChI=1S/C28H33FN4O3/c1-32(20-10-21(34)11-20)27(35)15-33-13-17-7-16(8-18(17)14-33)25-12-24-22(5-6-30-28(24)31-25)23-9-19(29)3-4-26(23)36-2/h3-6,9,12,16-18,20-21,34H,7-8,10-11,13-15H2,1-2H3,(H,30,31)/t16-,17+,18-,20?,21?. The number of aliphatic hydroxyl groups is 1. The third-order valence-electron chi connectivity index (χ3n) is 8.66. The van der Waals surface area contributed by atoms with Gasteiger partial charge in [0, 0.05) is 49.0 Å². The number of hydrogen-bond acceptors (Lipinski definition) is 5. The Bertz CT molecular complexity index is 1270. The highest BCUT2D eigenvalue weighted by molar-refractivity contribution is 5.95. The number of aromatic nitrogens is 2. The van der Waals surface area contributed by atoms with E-state index in [9.17, 15) is 14.3 Å². The van der Waals surface area contributed by atoms with Gasteiger partial charge in [0.05, 0.1) is 19.8 Å². The van der Waals surface area contributed by atoms with Gasteiger partial charge in [-0.3, -0.25) is 9.69 Å². The number of nitrogens with one attached hydrogen (secondary N) is 1. The van der Waals surface area contributed by atoms with E-state index in [1.165, 1.54) is 17.8 Å². The molecule has 190 valence electrons. The summed E-state index contributed by atoms with van der Waals surface area (Å²) >= 11 is 0. The summed E-state index contributed by atoms with van der Waals surface area (Å²) in [6, 6.07) is 8.86. The average Bonchev–Trinajstić information content (AvgIpc) is 3.54. The molecule has 0 unspecified atom stereocenters. The molecule has 0 radical (unpaired) electrons. The molecular formula is C28H33FN4O3. The summed E-state index contributed by atoms with van der Waals surface area (Å²) in [5.74, 6) is 2.09. The molecule has 2 saturated carbocycles. The number of aliphatic hydroxyl groups excluding tert-OH is 1. The number of carbonyl (C=O) groups excluding carboxylic acids is 1. The number of halogens is 1. The number of nitrogens with zero attached hydrogens (tertiary/aromatic N) is 3. The highest BCUT2D eigenvalue weighted by Crippen LogP contribution is 2.47. The fourth-order valence-corrected chi connectivity index (χ4v) is 6.55. The van der Waals surface area contributed by atoms with Crippen LogP contribution in [0.2, 0.25) is 0 Å². The fourth-order valence-electron chi connectivity index (χ4n) is 6.55. The van der Waals surface area contributed by atoms with E-state index in [-0.39, 0.29) is 23.9 Å². The van der Waals surface area contributed by atoms with Crippen LogP contribution < -0.4 is 4.74 Å². The molecule has 2 aromatic heterocycles. The molecule has 2 N–H and O–H groups in total. The summed E-state index contributed by atoms with van der Waals surface area (Å²) in [6.07, 6.45) is 5.07. The number of fused-ring (bicyclic) bond motifs is 2. The Hall–Kier alpha value is -2.97. The second-order valence-electron chi connectivity index (χ2n) is 10.9. The summed E-state index contributed by atoms with van der Waals surface area (Å²) in [5.41, 5.74) is 3.62. The first-order valence-corrected chi connectivity index (χ1v) is 12.9. The van der Waals surface area contributed by atoms with E-state index in [1.54, 1.807) is 19.4 Å². The van der Waals surface area contributed by atoms with Gasteiger partial charge in [-0.15, -0.1) is 0 Å². The van der Waals surface area contributed by atoms with Crippen molar-refractivity contribution in [1.82, 2.24) is 19.8 Å². The van der Waals surface area contributed by atoms with Crippen molar-refractivity contribution in [3.63, 3.8) is 0 Å². The Morgan fingerprint density at radius 3 is 2.61 bits per heavy atom. The van der Waals surface area contributed by atoms with Crippen LogP contribution in [-0.2, 0) is 4.79 Å². The smallest absolute Gasteiger partial charge is 0.236 e. The summed E-state index contributed by atoms with van der Waals surface area (Å²) in [7, 11) is 3.46. The van der Waals surface area contributed by atoms with Gasteiger partial charge in [-0.25, -0.2) is 9.37 Å². The molecule has 3 heterocycles. The van der Waals surface area contributed by atoms with E-state index in [1.807, 2.05) is 18.0 Å². The van der Waals surface area contributed by atoms with Crippen LogP contribution in [-0.4, -0.2) is 76.7 Å². The average molecular weight is 493 g/mol. The van der Waals surface area contributed by atoms with Crippen molar-refractivity contribution in [2.24, 2.45) is 11.8 Å². The predicted octanol–water partition coefficient (Wildman–Crippen LogP) is 3.78. The Morgan fingerprint density at radius 1 is 1.17 bits per heavy atom. The van der Waals surface area contributed by atoms with E-state index >= 15 is 0 Å². The number of likely N-dealkylation sites (N-methyl/N-ethyl adjacent to an activating group) is 1. The summed E-state index contributed by atoms with van der Waals surface area (Å²) < 4.78 is 19.6. The fraction of sp³-hybridized carbons (Fsp3) is 0.500. The molecule has 0 spiro atoms. The van der Waals surface area contributed by atoms with Crippen LogP contribution in [0.3, 0.4) is 0 Å². The minimum atomic E-state index is -0.297. The normalized spacial score (nSPS) is 27.7. The van der Waals surface area contributed by atoms with Crippen molar-refractivity contribution < 1.29 is 19.0 Å². The molecule has 3 atom stereocenters. The molecule has 1 amide bonds. The van der Waals surface area contributed by atoms with E-state index < -0.39 is 0 Å². The number of hydrogen-bond donors (Lipinski definition) is 2. The summed E-state index contributed by atoms with van der Waals surface area (Å²) in [4.78, 5) is 24.9. The highest BCUT2D eigenvalue weighted by atomic mass is 19.1. The monoisotopic (exact) mass is 492 g/mol. The Morgan fingerprint density at radius 2 is 1.92 bits per heavy atom. The van der Waals surface area contributed by atoms with Gasteiger partial charge in [0.25, 0.3) is 0 Å². The second-order valence-corrected chi connectivity index (χ2v) is 10.9. The van der Waals surface area contributed by atoms with Gasteiger partial charge in [-0.05, 0) is 79.3 Å². The zero-order valence-corrected chi connectivity index (χ0v) is 20.8. The van der Waals surface area contributed by atoms with Crippen LogP contribution >= 0.6 is 0 Å². The van der Waals surface area contributed by atoms with Crippen LogP contribution in [0, 0.1) is 17.7 Å². The van der Waals surface area contributed by atoms with Gasteiger partial charge in [-0.2, -0.15) is 0 Å². The number of carbonyl (C=O) groups is 1. The van der Waals surface area contributed by atoms with Crippen molar-refractivity contribution in [3.8, 4) is 16.9 Å². The number of amides is 1. The molecule has 3 aromatic rings. The molecule has 3 aliphatic rings. The zero-order valence-electron chi connectivity index (χ0n) is 20.8. The molecule has 6 rings (SSSR count). The van der Waals surface area contributed by atoms with Gasteiger partial charge >= 0.3 is 0 Å². The van der Waals surface area contributed by atoms with Gasteiger partial charge in [-0.1, -0.05) is 0 Å². The number of pyridine rings is 1. The zero-order chi connectivity index (χ0) is 25.0. The van der Waals surface area contributed by atoms with Gasteiger partial charge in [0.1, 0.15) is 17.2 Å². The van der Waals surface area contributed by atoms with Crippen LogP contribution in [0.4, 0.5) is 4.39 Å². The molecular weight excluding hydrogens is 459 g/mol. The van der Waals surface area contributed by atoms with E-state index in [4.69, 9.17) is 4.74 Å². The Labute approximate surface area is 210 Å². The number of benzene rings is 1. The first-order chi connectivity index (χ1) is 17.4. The number of likely N-dealkylation sites (tertiary alicyclic amines) is 1. The third kappa shape index (κ3) is 4.16. The van der Waals surface area contributed by atoms with Crippen LogP contribution in [0.15, 0.2) is 36.5 Å². The Kier molecular flexibility index (Phi) is 5.96. The Balaban J connectivity index is 1.14. The van der Waals surface area contributed by atoms with Crippen molar-refractivity contribution in [1.29, 1.82) is 0 Å². The maximum atomic E-state index is 14.1. The van der Waals surface area contributed by atoms with Crippen molar-refractivity contribution in [3.05, 3.63) is 48.0 Å². The minimum Gasteiger partial charge on any atom is -0.496 e. The minimum absolute atomic E-state index is 0.158. The molecule has 36 heavy (non-hydrogen) atoms. The van der Waals surface area contributed by atoms with Gasteiger partial charge in [0.15, 0.2) is 0 Å². The predicted molar refractivity (Wildman–Crippen MR) is 135 cm³/mol. The van der Waals surface area contributed by atoms with E-state index in [0.29, 0.717) is 42.9 Å². The molecule has 0 bridgehead atoms. The van der Waals surface area contributed by atoms with Crippen LogP contribution in [0.25, 0.3) is 22.2 Å². The lowest BCUT2D eigenvalue weighted by Crippen LogP contribution is -2.50. The van der Waals surface area contributed by atoms with Gasteiger partial charge < -0.3 is 19.7 Å². The van der Waals surface area contributed by atoms with Crippen molar-refractivity contribution in [2.45, 2.75) is 43.7 Å². The maximum Gasteiger partial charge on any atom is 0.236 e. The first kappa shape index (κ1) is 23.4. The second kappa shape index (κ2) is 9.16. The molecule has 1 saturated heterocycles. The van der Waals surface area contributed by atoms with Crippen molar-refractivity contribution >= 4 is 16.9 Å². The summed E-state index contributed by atoms with van der Waals surface area (Å²) in [5, 5.41) is 10.5. The molecule has 1 aliphatic heterocycles. The van der Waals surface area contributed by atoms with Crippen LogP contribution in [0.1, 0.15) is 37.3 Å². The number of methoxy groups -OCH3 is 1. The van der Waals surface area contributed by atoms with E-state index in [0.717, 1.165) is 48.1 Å². The maximum absolute atomic E-state index is 14.1. The number of aromatic amines is 1. The lowest BCUT2D eigenvalue weighted by molar-refractivity contribution is -0.136. The number of H-pyrrole nitrogens is 1. The molecule has 3 fully saturated rings. The van der Waals surface area contributed by atoms with E-state index in [2.05, 4.69) is 20.9 Å². The number of ether oxygens (including phenoxy) is 1. The topological polar surface area (TPSA) is 81.7 Å². The third-order valence-corrected chi connectivity index (χ3v) is 8.66. The summed E-state index contributed by atoms with van der Waals surface area (Å²) in [6.45, 7) is 2.38. The molecule has 1 aromatic carbocycles. The lowest BCUT2D eigenvalue weighted by Gasteiger charge is -2.39. The molecule has 7 nitrogen and oxygen atoms in total. The SMILES string of the molecule is COc1ccc(F)cc1-c1ccnc2[nH]c([C@H]3C[C@@H]4CN(CC(=O)N(C)C5CC(O)C5)C[C@@H]4C3)cc12.